The van der Waals surface area contributed by atoms with Crippen molar-refractivity contribution < 1.29 is 13.6 Å². The molecule has 0 saturated heterocycles. The molecule has 7 heteroatoms. The maximum absolute atomic E-state index is 13.5. The van der Waals surface area contributed by atoms with Gasteiger partial charge in [0.15, 0.2) is 0 Å². The number of fused-ring (bicyclic) bond motifs is 1. The van der Waals surface area contributed by atoms with Crippen molar-refractivity contribution in [2.75, 3.05) is 0 Å². The predicted octanol–water partition coefficient (Wildman–Crippen LogP) is 3.23. The van der Waals surface area contributed by atoms with Gasteiger partial charge in [0.25, 0.3) is 0 Å². The third kappa shape index (κ3) is 3.56. The zero-order valence-corrected chi connectivity index (χ0v) is 13.5. The lowest BCUT2D eigenvalue weighted by atomic mass is 10.2. The van der Waals surface area contributed by atoms with Gasteiger partial charge in [-0.2, -0.15) is 0 Å². The van der Waals surface area contributed by atoms with Gasteiger partial charge in [0.2, 0.25) is 5.91 Å². The van der Waals surface area contributed by atoms with E-state index in [2.05, 4.69) is 26.2 Å². The first kappa shape index (κ1) is 15.6. The predicted molar refractivity (Wildman–Crippen MR) is 84.8 cm³/mol. The van der Waals surface area contributed by atoms with Gasteiger partial charge in [0, 0.05) is 35.0 Å². The van der Waals surface area contributed by atoms with Crippen molar-refractivity contribution in [2.45, 2.75) is 13.0 Å². The molecule has 0 saturated carbocycles. The Kier molecular flexibility index (Phi) is 4.38. The lowest BCUT2D eigenvalue weighted by molar-refractivity contribution is -0.120. The van der Waals surface area contributed by atoms with Crippen LogP contribution in [0.15, 0.2) is 47.2 Å². The fourth-order valence-corrected chi connectivity index (χ4v) is 2.56. The summed E-state index contributed by atoms with van der Waals surface area (Å²) in [5, 5.41) is 2.62. The van der Waals surface area contributed by atoms with Crippen molar-refractivity contribution in [1.82, 2.24) is 14.7 Å². The quantitative estimate of drug-likeness (QED) is 0.756. The molecule has 118 valence electrons. The summed E-state index contributed by atoms with van der Waals surface area (Å²) in [7, 11) is 0. The van der Waals surface area contributed by atoms with Gasteiger partial charge < -0.3 is 9.72 Å². The minimum Gasteiger partial charge on any atom is -0.352 e. The van der Waals surface area contributed by atoms with Crippen molar-refractivity contribution >= 4 is 27.5 Å². The number of nitrogens with zero attached hydrogens (tertiary/aromatic N) is 2. The average molecular weight is 380 g/mol. The fraction of sp³-hybridized carbons (Fsp3) is 0.125. The van der Waals surface area contributed by atoms with E-state index in [0.717, 1.165) is 27.9 Å². The third-order valence-corrected chi connectivity index (χ3v) is 3.85. The highest BCUT2D eigenvalue weighted by Crippen LogP contribution is 2.14. The smallest absolute Gasteiger partial charge is 0.226 e. The second-order valence-electron chi connectivity index (χ2n) is 5.01. The molecule has 0 spiro atoms. The molecule has 3 rings (SSSR count). The van der Waals surface area contributed by atoms with Crippen LogP contribution >= 0.6 is 15.9 Å². The lowest BCUT2D eigenvalue weighted by Gasteiger charge is -2.07. The summed E-state index contributed by atoms with van der Waals surface area (Å²) in [6.45, 7) is 0.00533. The molecular weight excluding hydrogens is 368 g/mol. The zero-order chi connectivity index (χ0) is 16.4. The minimum absolute atomic E-state index is 0.00533. The summed E-state index contributed by atoms with van der Waals surface area (Å²) < 4.78 is 29.0. The molecule has 23 heavy (non-hydrogen) atoms. The van der Waals surface area contributed by atoms with Crippen LogP contribution in [0.25, 0.3) is 5.65 Å². The van der Waals surface area contributed by atoms with E-state index in [1.807, 2.05) is 22.7 Å². The Morgan fingerprint density at radius 1 is 1.26 bits per heavy atom. The van der Waals surface area contributed by atoms with Gasteiger partial charge in [-0.3, -0.25) is 4.79 Å². The number of aromatic nitrogens is 2. The van der Waals surface area contributed by atoms with Crippen LogP contribution in [0.4, 0.5) is 8.78 Å². The second kappa shape index (κ2) is 6.45. The molecule has 1 N–H and O–H groups in total. The van der Waals surface area contributed by atoms with Gasteiger partial charge in [0.1, 0.15) is 17.3 Å². The summed E-state index contributed by atoms with van der Waals surface area (Å²) in [6, 6.07) is 6.97. The van der Waals surface area contributed by atoms with Crippen LogP contribution in [0, 0.1) is 11.6 Å². The maximum Gasteiger partial charge on any atom is 0.226 e. The highest BCUT2D eigenvalue weighted by atomic mass is 79.9. The van der Waals surface area contributed by atoms with E-state index < -0.39 is 11.6 Å². The molecule has 0 fully saturated rings. The maximum atomic E-state index is 13.5. The minimum atomic E-state index is -0.677. The summed E-state index contributed by atoms with van der Waals surface area (Å²) in [5.41, 5.74) is 1.69. The zero-order valence-electron chi connectivity index (χ0n) is 11.9. The topological polar surface area (TPSA) is 46.4 Å². The van der Waals surface area contributed by atoms with E-state index in [1.54, 1.807) is 6.20 Å². The normalized spacial score (nSPS) is 10.9. The molecule has 0 unspecified atom stereocenters. The van der Waals surface area contributed by atoms with Crippen LogP contribution in [0.3, 0.4) is 0 Å². The third-order valence-electron chi connectivity index (χ3n) is 3.38. The highest BCUT2D eigenvalue weighted by molar-refractivity contribution is 9.10. The van der Waals surface area contributed by atoms with Crippen LogP contribution in [0.2, 0.25) is 0 Å². The molecule has 0 radical (unpaired) electrons. The van der Waals surface area contributed by atoms with Gasteiger partial charge >= 0.3 is 0 Å². The average Bonchev–Trinajstić information content (AvgIpc) is 2.88. The highest BCUT2D eigenvalue weighted by Gasteiger charge is 2.10. The first-order valence-electron chi connectivity index (χ1n) is 6.85. The van der Waals surface area contributed by atoms with E-state index >= 15 is 0 Å². The van der Waals surface area contributed by atoms with Gasteiger partial charge in [-0.05, 0) is 34.1 Å². The SMILES string of the molecule is O=C(Cc1cnc2ccc(Br)cn12)NCc1ccc(F)cc1F. The Morgan fingerprint density at radius 3 is 2.87 bits per heavy atom. The van der Waals surface area contributed by atoms with Crippen molar-refractivity contribution in [2.24, 2.45) is 0 Å². The monoisotopic (exact) mass is 379 g/mol. The number of carbonyl (C=O) groups excluding carboxylic acids is 1. The van der Waals surface area contributed by atoms with Crippen molar-refractivity contribution in [1.29, 1.82) is 0 Å². The van der Waals surface area contributed by atoms with Crippen LogP contribution < -0.4 is 5.32 Å². The summed E-state index contributed by atoms with van der Waals surface area (Å²) >= 11 is 3.37. The van der Waals surface area contributed by atoms with E-state index in [1.165, 1.54) is 6.07 Å². The van der Waals surface area contributed by atoms with E-state index in [4.69, 9.17) is 0 Å². The number of carbonyl (C=O) groups is 1. The first-order valence-corrected chi connectivity index (χ1v) is 7.64. The van der Waals surface area contributed by atoms with Crippen LogP contribution in [0.1, 0.15) is 11.3 Å². The number of hydrogen-bond acceptors (Lipinski definition) is 2. The number of rotatable bonds is 4. The molecule has 0 aliphatic rings. The van der Waals surface area contributed by atoms with E-state index in [0.29, 0.717) is 0 Å². The molecule has 0 bridgehead atoms. The van der Waals surface area contributed by atoms with E-state index in [-0.39, 0.29) is 24.4 Å². The lowest BCUT2D eigenvalue weighted by Crippen LogP contribution is -2.25. The number of hydrogen-bond donors (Lipinski definition) is 1. The Morgan fingerprint density at radius 2 is 2.09 bits per heavy atom. The Hall–Kier alpha value is -2.28. The number of pyridine rings is 1. The molecular formula is C16H12BrF2N3O. The molecule has 1 amide bonds. The van der Waals surface area contributed by atoms with Crippen LogP contribution in [0.5, 0.6) is 0 Å². The van der Waals surface area contributed by atoms with Gasteiger partial charge in [-0.15, -0.1) is 0 Å². The number of imidazole rings is 1. The second-order valence-corrected chi connectivity index (χ2v) is 5.93. The van der Waals surface area contributed by atoms with Gasteiger partial charge in [-0.1, -0.05) is 6.07 Å². The number of halogens is 3. The number of nitrogens with one attached hydrogen (secondary N) is 1. The fourth-order valence-electron chi connectivity index (χ4n) is 2.22. The van der Waals surface area contributed by atoms with Gasteiger partial charge in [-0.25, -0.2) is 13.8 Å². The van der Waals surface area contributed by atoms with Crippen LogP contribution in [-0.2, 0) is 17.8 Å². The Bertz CT molecular complexity index is 879. The standard InChI is InChI=1S/C16H12BrF2N3O/c17-11-2-4-15-20-8-13(22(15)9-11)6-16(23)21-7-10-1-3-12(18)5-14(10)19/h1-5,8-9H,6-7H2,(H,21,23). The molecule has 3 aromatic rings. The molecule has 0 aliphatic heterocycles. The molecule has 2 aromatic heterocycles. The number of benzene rings is 1. The van der Waals surface area contributed by atoms with E-state index in [9.17, 15) is 13.6 Å². The Labute approximate surface area is 139 Å². The van der Waals surface area contributed by atoms with Crippen molar-refractivity contribution in [3.05, 3.63) is 70.1 Å². The largest absolute Gasteiger partial charge is 0.352 e. The van der Waals surface area contributed by atoms with Crippen LogP contribution in [-0.4, -0.2) is 15.3 Å². The molecule has 0 aliphatic carbocycles. The summed E-state index contributed by atoms with van der Waals surface area (Å²) in [4.78, 5) is 16.2. The molecule has 2 heterocycles. The summed E-state index contributed by atoms with van der Waals surface area (Å²) in [6.07, 6.45) is 3.56. The molecule has 1 aromatic carbocycles. The summed E-state index contributed by atoms with van der Waals surface area (Å²) in [5.74, 6) is -1.59. The molecule has 4 nitrogen and oxygen atoms in total. The molecule has 0 atom stereocenters. The first-order chi connectivity index (χ1) is 11.0. The number of amides is 1. The van der Waals surface area contributed by atoms with Gasteiger partial charge in [0.05, 0.1) is 12.1 Å². The van der Waals surface area contributed by atoms with Crippen molar-refractivity contribution in [3.8, 4) is 0 Å². The Balaban J connectivity index is 1.68. The van der Waals surface area contributed by atoms with Crippen molar-refractivity contribution in [3.63, 3.8) is 0 Å².